The van der Waals surface area contributed by atoms with E-state index in [4.69, 9.17) is 11.4 Å². The highest BCUT2D eigenvalue weighted by Crippen LogP contribution is 2.17. The van der Waals surface area contributed by atoms with Gasteiger partial charge in [-0.05, 0) is 51.8 Å². The first-order valence-electron chi connectivity index (χ1n) is 7.83. The Morgan fingerprint density at radius 3 is 2.52 bits per heavy atom. The highest BCUT2D eigenvalue weighted by atomic mass is 15.2. The van der Waals surface area contributed by atoms with E-state index in [2.05, 4.69) is 62.9 Å². The summed E-state index contributed by atoms with van der Waals surface area (Å²) >= 11 is 0. The molecule has 0 saturated carbocycles. The molecule has 3 heteroatoms. The van der Waals surface area contributed by atoms with Gasteiger partial charge in [0.2, 0.25) is 0 Å². The molecule has 0 fully saturated rings. The van der Waals surface area contributed by atoms with Gasteiger partial charge < -0.3 is 10.2 Å². The Labute approximate surface area is 130 Å². The van der Waals surface area contributed by atoms with Crippen LogP contribution in [0.1, 0.15) is 52.3 Å². The van der Waals surface area contributed by atoms with Gasteiger partial charge >= 0.3 is 0 Å². The zero-order valence-electron chi connectivity index (χ0n) is 14.2. The molecule has 0 spiro atoms. The Morgan fingerprint density at radius 1 is 1.29 bits per heavy atom. The summed E-state index contributed by atoms with van der Waals surface area (Å²) in [6.45, 7) is 13.2. The van der Waals surface area contributed by atoms with Crippen LogP contribution in [0.25, 0.3) is 0 Å². The average molecular weight is 287 g/mol. The summed E-state index contributed by atoms with van der Waals surface area (Å²) in [7, 11) is 0. The van der Waals surface area contributed by atoms with Gasteiger partial charge in [-0.15, -0.1) is 6.42 Å². The van der Waals surface area contributed by atoms with Crippen molar-refractivity contribution in [2.45, 2.75) is 59.5 Å². The molecule has 3 nitrogen and oxygen atoms in total. The first-order chi connectivity index (χ1) is 9.89. The molecule has 1 N–H and O–H groups in total. The van der Waals surface area contributed by atoms with Gasteiger partial charge in [-0.25, -0.2) is 4.98 Å². The number of aryl methyl sites for hydroxylation is 1. The van der Waals surface area contributed by atoms with Gasteiger partial charge in [-0.2, -0.15) is 0 Å². The molecule has 0 bridgehead atoms. The molecule has 0 aliphatic rings. The van der Waals surface area contributed by atoms with Crippen molar-refractivity contribution in [1.29, 1.82) is 0 Å². The zero-order valence-corrected chi connectivity index (χ0v) is 14.2. The molecular formula is C18H29N3. The third-order valence-electron chi connectivity index (χ3n) is 3.24. The van der Waals surface area contributed by atoms with Crippen LogP contribution in [-0.4, -0.2) is 23.6 Å². The third-order valence-corrected chi connectivity index (χ3v) is 3.24. The van der Waals surface area contributed by atoms with Crippen LogP contribution in [0.4, 0.5) is 5.82 Å². The maximum absolute atomic E-state index is 5.46. The number of terminal acetylenes is 1. The minimum atomic E-state index is 0.109. The number of hydrogen-bond acceptors (Lipinski definition) is 3. The van der Waals surface area contributed by atoms with Crippen LogP contribution in [0.2, 0.25) is 0 Å². The monoisotopic (exact) mass is 287 g/mol. The van der Waals surface area contributed by atoms with Gasteiger partial charge in [0.15, 0.2) is 0 Å². The smallest absolute Gasteiger partial charge is 0.129 e. The van der Waals surface area contributed by atoms with Gasteiger partial charge in [0, 0.05) is 24.3 Å². The summed E-state index contributed by atoms with van der Waals surface area (Å²) in [5.74, 6) is 3.71. The molecule has 21 heavy (non-hydrogen) atoms. The summed E-state index contributed by atoms with van der Waals surface area (Å²) in [6, 6.07) is 4.36. The molecule has 0 saturated heterocycles. The maximum atomic E-state index is 5.46. The van der Waals surface area contributed by atoms with Crippen molar-refractivity contribution < 1.29 is 0 Å². The fraction of sp³-hybridized carbons (Fsp3) is 0.611. The van der Waals surface area contributed by atoms with E-state index >= 15 is 0 Å². The van der Waals surface area contributed by atoms with Crippen molar-refractivity contribution in [2.24, 2.45) is 0 Å². The summed E-state index contributed by atoms with van der Waals surface area (Å²) in [4.78, 5) is 6.90. The molecule has 1 rings (SSSR count). The first kappa shape index (κ1) is 17.5. The van der Waals surface area contributed by atoms with E-state index in [0.29, 0.717) is 6.54 Å². The molecule has 0 aliphatic carbocycles. The van der Waals surface area contributed by atoms with Crippen LogP contribution < -0.4 is 10.2 Å². The lowest BCUT2D eigenvalue weighted by atomic mass is 10.1. The standard InChI is InChI=1S/C18H29N3/c1-7-10-16-12-15(14-19-18(4,5)6)13-17(20-16)21(9-3)11-8-2/h2,12-13,19H,7,9-11,14H2,1,3-6H3. The van der Waals surface area contributed by atoms with Gasteiger partial charge in [-0.3, -0.25) is 0 Å². The van der Waals surface area contributed by atoms with E-state index in [0.717, 1.165) is 37.4 Å². The fourth-order valence-electron chi connectivity index (χ4n) is 2.11. The molecule has 0 radical (unpaired) electrons. The number of hydrogen-bond donors (Lipinski definition) is 1. The van der Waals surface area contributed by atoms with Crippen LogP contribution in [0, 0.1) is 12.3 Å². The van der Waals surface area contributed by atoms with Crippen LogP contribution in [0.3, 0.4) is 0 Å². The average Bonchev–Trinajstić information content (AvgIpc) is 2.42. The highest BCUT2D eigenvalue weighted by Gasteiger charge is 2.12. The molecule has 1 aromatic heterocycles. The van der Waals surface area contributed by atoms with Crippen LogP contribution >= 0.6 is 0 Å². The molecule has 1 aromatic rings. The van der Waals surface area contributed by atoms with Crippen molar-refractivity contribution in [2.75, 3.05) is 18.0 Å². The summed E-state index contributed by atoms with van der Waals surface area (Å²) in [5, 5.41) is 3.54. The van der Waals surface area contributed by atoms with Crippen LogP contribution in [0.5, 0.6) is 0 Å². The van der Waals surface area contributed by atoms with Crippen LogP contribution in [0.15, 0.2) is 12.1 Å². The Hall–Kier alpha value is -1.53. The van der Waals surface area contributed by atoms with Crippen molar-refractivity contribution in [3.8, 4) is 12.3 Å². The lowest BCUT2D eigenvalue weighted by Gasteiger charge is -2.23. The molecule has 116 valence electrons. The SMILES string of the molecule is C#CCN(CC)c1cc(CNC(C)(C)C)cc(CCC)n1. The van der Waals surface area contributed by atoms with Gasteiger partial charge in [-0.1, -0.05) is 19.3 Å². The predicted octanol–water partition coefficient (Wildman–Crippen LogP) is 3.38. The molecule has 1 heterocycles. The van der Waals surface area contributed by atoms with Crippen LogP contribution in [-0.2, 0) is 13.0 Å². The normalized spacial score (nSPS) is 11.2. The molecule has 0 aromatic carbocycles. The molecule has 0 amide bonds. The second kappa shape index (κ2) is 8.05. The quantitative estimate of drug-likeness (QED) is 0.779. The number of anilines is 1. The summed E-state index contributed by atoms with van der Waals surface area (Å²) in [6.07, 6.45) is 7.57. The van der Waals surface area contributed by atoms with Crippen molar-refractivity contribution in [3.05, 3.63) is 23.4 Å². The Balaban J connectivity index is 3.02. The second-order valence-corrected chi connectivity index (χ2v) is 6.40. The Kier molecular flexibility index (Phi) is 6.71. The lowest BCUT2D eigenvalue weighted by molar-refractivity contribution is 0.424. The first-order valence-corrected chi connectivity index (χ1v) is 7.83. The number of nitrogens with one attached hydrogen (secondary N) is 1. The van der Waals surface area contributed by atoms with E-state index in [1.54, 1.807) is 0 Å². The largest absolute Gasteiger partial charge is 0.346 e. The number of nitrogens with zero attached hydrogens (tertiary/aromatic N) is 2. The maximum Gasteiger partial charge on any atom is 0.129 e. The summed E-state index contributed by atoms with van der Waals surface area (Å²) in [5.41, 5.74) is 2.53. The van der Waals surface area contributed by atoms with Gasteiger partial charge in [0.05, 0.1) is 6.54 Å². The zero-order chi connectivity index (χ0) is 15.9. The predicted molar refractivity (Wildman–Crippen MR) is 91.5 cm³/mol. The Morgan fingerprint density at radius 2 is 2.00 bits per heavy atom. The minimum absolute atomic E-state index is 0.109. The van der Waals surface area contributed by atoms with E-state index < -0.39 is 0 Å². The van der Waals surface area contributed by atoms with Gasteiger partial charge in [0.25, 0.3) is 0 Å². The number of aromatic nitrogens is 1. The molecular weight excluding hydrogens is 258 g/mol. The summed E-state index contributed by atoms with van der Waals surface area (Å²) < 4.78 is 0. The fourth-order valence-corrected chi connectivity index (χ4v) is 2.11. The van der Waals surface area contributed by atoms with E-state index in [1.165, 1.54) is 5.56 Å². The van der Waals surface area contributed by atoms with Crippen molar-refractivity contribution >= 4 is 5.82 Å². The van der Waals surface area contributed by atoms with Crippen molar-refractivity contribution in [1.82, 2.24) is 10.3 Å². The lowest BCUT2D eigenvalue weighted by Crippen LogP contribution is -2.35. The Bertz CT molecular complexity index is 480. The third kappa shape index (κ3) is 6.18. The van der Waals surface area contributed by atoms with E-state index in [9.17, 15) is 0 Å². The highest BCUT2D eigenvalue weighted by molar-refractivity contribution is 5.44. The van der Waals surface area contributed by atoms with Crippen molar-refractivity contribution in [3.63, 3.8) is 0 Å². The van der Waals surface area contributed by atoms with E-state index in [1.807, 2.05) is 0 Å². The van der Waals surface area contributed by atoms with E-state index in [-0.39, 0.29) is 5.54 Å². The molecule has 0 aliphatic heterocycles. The number of rotatable bonds is 7. The number of pyridine rings is 1. The molecule has 0 unspecified atom stereocenters. The minimum Gasteiger partial charge on any atom is -0.346 e. The second-order valence-electron chi connectivity index (χ2n) is 6.40. The van der Waals surface area contributed by atoms with Gasteiger partial charge in [0.1, 0.15) is 5.82 Å². The topological polar surface area (TPSA) is 28.2 Å². The molecule has 0 atom stereocenters.